The van der Waals surface area contributed by atoms with Crippen LogP contribution in [0.3, 0.4) is 0 Å². The summed E-state index contributed by atoms with van der Waals surface area (Å²) in [5.41, 5.74) is 3.66. The Kier molecular flexibility index (Phi) is 4.77. The molecule has 4 aromatic rings. The van der Waals surface area contributed by atoms with Crippen molar-refractivity contribution >= 4 is 22.9 Å². The minimum atomic E-state index is -0.652. The van der Waals surface area contributed by atoms with Gasteiger partial charge in [0.25, 0.3) is 5.71 Å². The minimum Gasteiger partial charge on any atom is -0.493 e. The molecule has 0 radical (unpaired) electrons. The highest BCUT2D eigenvalue weighted by Gasteiger charge is 2.23. The van der Waals surface area contributed by atoms with Crippen molar-refractivity contribution in [1.82, 2.24) is 10.1 Å². The van der Waals surface area contributed by atoms with E-state index < -0.39 is 5.97 Å². The number of Topliss-reactive ketones (excluding diaryl/α,β-unsaturated/α-hetero) is 1. The number of hydrogen-bond acceptors (Lipinski definition) is 8. The first-order valence-corrected chi connectivity index (χ1v) is 10.2. The normalized spacial score (nSPS) is 12.6. The van der Waals surface area contributed by atoms with E-state index in [0.717, 1.165) is 29.1 Å². The summed E-state index contributed by atoms with van der Waals surface area (Å²) in [6.45, 7) is 5.59. The summed E-state index contributed by atoms with van der Waals surface area (Å²) in [4.78, 5) is 30.1. The Bertz CT molecular complexity index is 1380. The Morgan fingerprint density at radius 3 is 2.75 bits per heavy atom. The lowest BCUT2D eigenvalue weighted by Crippen LogP contribution is -2.15. The van der Waals surface area contributed by atoms with Crippen LogP contribution in [0.2, 0.25) is 0 Å². The number of ketones is 1. The van der Waals surface area contributed by atoms with Crippen LogP contribution in [0.5, 0.6) is 5.75 Å². The van der Waals surface area contributed by atoms with Gasteiger partial charge in [-0.2, -0.15) is 0 Å². The van der Waals surface area contributed by atoms with Gasteiger partial charge in [-0.25, -0.2) is 9.78 Å². The number of ether oxygens (including phenoxy) is 2. The van der Waals surface area contributed by atoms with Crippen molar-refractivity contribution in [2.75, 3.05) is 13.2 Å². The van der Waals surface area contributed by atoms with Crippen molar-refractivity contribution in [3.05, 3.63) is 64.2 Å². The maximum Gasteiger partial charge on any atom is 0.339 e. The molecule has 0 spiro atoms. The van der Waals surface area contributed by atoms with Gasteiger partial charge in [0.05, 0.1) is 28.9 Å². The van der Waals surface area contributed by atoms with Gasteiger partial charge in [0.2, 0.25) is 0 Å². The highest BCUT2D eigenvalue weighted by atomic mass is 16.5. The number of aromatic nitrogens is 2. The third-order valence-electron chi connectivity index (χ3n) is 5.50. The Morgan fingerprint density at radius 1 is 1.12 bits per heavy atom. The fraction of sp³-hybridized carbons (Fsp3) is 0.250. The first-order valence-electron chi connectivity index (χ1n) is 10.2. The number of aryl methyl sites for hydroxylation is 3. The predicted molar refractivity (Wildman–Crippen MR) is 114 cm³/mol. The molecule has 0 bridgehead atoms. The van der Waals surface area contributed by atoms with Crippen LogP contribution in [0.1, 0.15) is 43.5 Å². The molecule has 0 atom stereocenters. The molecule has 0 amide bonds. The molecule has 8 heteroatoms. The maximum atomic E-state index is 13.0. The Labute approximate surface area is 183 Å². The molecule has 1 aliphatic heterocycles. The van der Waals surface area contributed by atoms with Gasteiger partial charge in [-0.05, 0) is 56.7 Å². The zero-order valence-corrected chi connectivity index (χ0v) is 17.9. The van der Waals surface area contributed by atoms with Crippen LogP contribution >= 0.6 is 0 Å². The van der Waals surface area contributed by atoms with Gasteiger partial charge < -0.3 is 18.4 Å². The molecule has 8 nitrogen and oxygen atoms in total. The third kappa shape index (κ3) is 3.43. The number of furan rings is 1. The number of benzene rings is 1. The van der Waals surface area contributed by atoms with Gasteiger partial charge in [0.1, 0.15) is 17.3 Å². The number of fused-ring (bicyclic) bond motifs is 2. The second kappa shape index (κ2) is 7.64. The van der Waals surface area contributed by atoms with Crippen molar-refractivity contribution in [2.45, 2.75) is 27.2 Å². The van der Waals surface area contributed by atoms with E-state index in [1.807, 2.05) is 19.9 Å². The fourth-order valence-corrected chi connectivity index (χ4v) is 3.93. The van der Waals surface area contributed by atoms with Crippen LogP contribution in [-0.2, 0) is 11.2 Å². The Balaban J connectivity index is 1.43. The van der Waals surface area contributed by atoms with Crippen LogP contribution < -0.4 is 4.74 Å². The standard InChI is InChI=1S/C24H20N2O6/c1-12-8-17(14(3)31-12)19-10-18(22-13(2)26-32-23(22)25-19)24(28)30-11-20(27)15-4-5-21-16(9-15)6-7-29-21/h4-5,8-10H,6-7,11H2,1-3H3. The number of pyridine rings is 1. The minimum absolute atomic E-state index is 0.218. The average Bonchev–Trinajstić information content (AvgIpc) is 3.49. The molecule has 3 aromatic heterocycles. The molecule has 0 aliphatic carbocycles. The van der Waals surface area contributed by atoms with Crippen molar-refractivity contribution in [1.29, 1.82) is 0 Å². The lowest BCUT2D eigenvalue weighted by Gasteiger charge is -2.08. The Hall–Kier alpha value is -3.94. The molecule has 0 fully saturated rings. The van der Waals surface area contributed by atoms with Crippen LogP contribution in [0, 0.1) is 20.8 Å². The zero-order chi connectivity index (χ0) is 22.4. The van der Waals surface area contributed by atoms with Gasteiger partial charge >= 0.3 is 5.97 Å². The van der Waals surface area contributed by atoms with E-state index in [1.54, 1.807) is 31.2 Å². The van der Waals surface area contributed by atoms with Gasteiger partial charge in [0, 0.05) is 17.5 Å². The van der Waals surface area contributed by atoms with Gasteiger partial charge in [-0.3, -0.25) is 4.79 Å². The van der Waals surface area contributed by atoms with Crippen molar-refractivity contribution in [3.8, 4) is 17.0 Å². The van der Waals surface area contributed by atoms with Gasteiger partial charge in [-0.1, -0.05) is 5.16 Å². The summed E-state index contributed by atoms with van der Waals surface area (Å²) < 4.78 is 21.7. The Morgan fingerprint density at radius 2 is 1.97 bits per heavy atom. The number of carbonyl (C=O) groups excluding carboxylic acids is 2. The molecule has 5 rings (SSSR count). The molecule has 0 saturated heterocycles. The number of carbonyl (C=O) groups is 2. The summed E-state index contributed by atoms with van der Waals surface area (Å²) >= 11 is 0. The van der Waals surface area contributed by atoms with Crippen LogP contribution in [-0.4, -0.2) is 35.1 Å². The second-order valence-electron chi connectivity index (χ2n) is 7.75. The number of nitrogens with zero attached hydrogens (tertiary/aromatic N) is 2. The van der Waals surface area contributed by atoms with E-state index in [-0.39, 0.29) is 23.7 Å². The molecule has 1 aliphatic rings. The average molecular weight is 432 g/mol. The quantitative estimate of drug-likeness (QED) is 0.338. The highest BCUT2D eigenvalue weighted by Crippen LogP contribution is 2.31. The van der Waals surface area contributed by atoms with Crippen molar-refractivity contribution in [3.63, 3.8) is 0 Å². The van der Waals surface area contributed by atoms with Crippen molar-refractivity contribution in [2.24, 2.45) is 0 Å². The molecule has 32 heavy (non-hydrogen) atoms. The zero-order valence-electron chi connectivity index (χ0n) is 17.9. The number of hydrogen-bond donors (Lipinski definition) is 0. The third-order valence-corrected chi connectivity index (χ3v) is 5.50. The van der Waals surface area contributed by atoms with Gasteiger partial charge in [0.15, 0.2) is 12.4 Å². The number of esters is 1. The first-order chi connectivity index (χ1) is 15.4. The van der Waals surface area contributed by atoms with E-state index in [2.05, 4.69) is 10.1 Å². The summed E-state index contributed by atoms with van der Waals surface area (Å²) in [6, 6.07) is 8.69. The molecule has 162 valence electrons. The molecule has 0 unspecified atom stereocenters. The monoisotopic (exact) mass is 432 g/mol. The molecule has 0 N–H and O–H groups in total. The van der Waals surface area contributed by atoms with E-state index in [0.29, 0.717) is 34.7 Å². The molecule has 0 saturated carbocycles. The molecular formula is C24H20N2O6. The lowest BCUT2D eigenvalue weighted by atomic mass is 10.1. The maximum absolute atomic E-state index is 13.0. The number of rotatable bonds is 5. The van der Waals surface area contributed by atoms with Gasteiger partial charge in [-0.15, -0.1) is 0 Å². The van der Waals surface area contributed by atoms with Crippen LogP contribution in [0.4, 0.5) is 0 Å². The summed E-state index contributed by atoms with van der Waals surface area (Å²) in [7, 11) is 0. The highest BCUT2D eigenvalue weighted by molar-refractivity contribution is 6.06. The topological polar surface area (TPSA) is 105 Å². The first kappa shape index (κ1) is 20.0. The molecule has 4 heterocycles. The van der Waals surface area contributed by atoms with Crippen LogP contribution in [0.15, 0.2) is 39.3 Å². The summed E-state index contributed by atoms with van der Waals surface area (Å²) in [5, 5.41) is 4.39. The van der Waals surface area contributed by atoms with Crippen molar-refractivity contribution < 1.29 is 28.0 Å². The van der Waals surface area contributed by atoms with Crippen LogP contribution in [0.25, 0.3) is 22.4 Å². The summed E-state index contributed by atoms with van der Waals surface area (Å²) in [5.74, 6) is 1.24. The second-order valence-corrected chi connectivity index (χ2v) is 7.75. The SMILES string of the molecule is Cc1cc(-c2cc(C(=O)OCC(=O)c3ccc4c(c3)CCO4)c3c(C)noc3n2)c(C)o1. The van der Waals surface area contributed by atoms with E-state index in [1.165, 1.54) is 0 Å². The van der Waals surface area contributed by atoms with E-state index >= 15 is 0 Å². The predicted octanol–water partition coefficient (Wildman–Crippen LogP) is 4.38. The largest absolute Gasteiger partial charge is 0.493 e. The summed E-state index contributed by atoms with van der Waals surface area (Å²) in [6.07, 6.45) is 0.758. The van der Waals surface area contributed by atoms with E-state index in [9.17, 15) is 9.59 Å². The van der Waals surface area contributed by atoms with E-state index in [4.69, 9.17) is 18.4 Å². The molecule has 1 aromatic carbocycles. The lowest BCUT2D eigenvalue weighted by molar-refractivity contribution is 0.0476. The molecular weight excluding hydrogens is 412 g/mol. The fourth-order valence-electron chi connectivity index (χ4n) is 3.93. The smallest absolute Gasteiger partial charge is 0.339 e.